The number of nitrogens with zero attached hydrogens (tertiary/aromatic N) is 1. The fourth-order valence-corrected chi connectivity index (χ4v) is 3.22. The molecule has 0 bridgehead atoms. The van der Waals surface area contributed by atoms with Crippen LogP contribution in [0.3, 0.4) is 0 Å². The highest BCUT2D eigenvalue weighted by atomic mass is 16.2. The zero-order chi connectivity index (χ0) is 11.8. The lowest BCUT2D eigenvalue weighted by Crippen LogP contribution is -2.44. The minimum atomic E-state index is 0.0692. The summed E-state index contributed by atoms with van der Waals surface area (Å²) in [6.45, 7) is 5.28. The predicted molar refractivity (Wildman–Crippen MR) is 65.0 cm³/mol. The Morgan fingerprint density at radius 3 is 2.62 bits per heavy atom. The van der Waals surface area contributed by atoms with E-state index in [4.69, 9.17) is 5.73 Å². The van der Waals surface area contributed by atoms with Gasteiger partial charge in [-0.2, -0.15) is 0 Å². The van der Waals surface area contributed by atoms with E-state index >= 15 is 0 Å². The molecule has 1 aliphatic heterocycles. The molecule has 0 aromatic heterocycles. The van der Waals surface area contributed by atoms with E-state index in [1.165, 1.54) is 6.42 Å². The largest absolute Gasteiger partial charge is 0.338 e. The molecule has 2 atom stereocenters. The zero-order valence-electron chi connectivity index (χ0n) is 10.5. The van der Waals surface area contributed by atoms with E-state index < -0.39 is 0 Å². The number of hydrogen-bond acceptors (Lipinski definition) is 2. The van der Waals surface area contributed by atoms with Gasteiger partial charge in [-0.1, -0.05) is 6.42 Å². The van der Waals surface area contributed by atoms with Gasteiger partial charge in [0.2, 0.25) is 5.91 Å². The summed E-state index contributed by atoms with van der Waals surface area (Å²) in [6, 6.07) is 0.259. The summed E-state index contributed by atoms with van der Waals surface area (Å²) in [7, 11) is 0. The maximum Gasteiger partial charge on any atom is 0.223 e. The highest BCUT2D eigenvalue weighted by Gasteiger charge is 2.37. The SMILES string of the molecule is CC1(C)CCCN1C(=O)C[C@@H]1CCC[C@H]1N. The van der Waals surface area contributed by atoms with Crippen LogP contribution in [0.25, 0.3) is 0 Å². The van der Waals surface area contributed by atoms with Crippen molar-refractivity contribution in [2.75, 3.05) is 6.54 Å². The molecule has 1 saturated carbocycles. The van der Waals surface area contributed by atoms with Crippen LogP contribution in [0, 0.1) is 5.92 Å². The number of rotatable bonds is 2. The number of carbonyl (C=O) groups is 1. The van der Waals surface area contributed by atoms with Gasteiger partial charge in [-0.25, -0.2) is 0 Å². The van der Waals surface area contributed by atoms with E-state index in [1.54, 1.807) is 0 Å². The average molecular weight is 224 g/mol. The quantitative estimate of drug-likeness (QED) is 0.778. The number of carbonyl (C=O) groups excluding carboxylic acids is 1. The summed E-state index contributed by atoms with van der Waals surface area (Å²) in [4.78, 5) is 14.3. The topological polar surface area (TPSA) is 46.3 Å². The summed E-state index contributed by atoms with van der Waals surface area (Å²) in [6.07, 6.45) is 6.39. The third-order valence-corrected chi connectivity index (χ3v) is 4.36. The summed E-state index contributed by atoms with van der Waals surface area (Å²) in [5, 5.41) is 0. The maximum atomic E-state index is 12.2. The fourth-order valence-electron chi connectivity index (χ4n) is 3.22. The van der Waals surface area contributed by atoms with Crippen LogP contribution in [0.1, 0.15) is 52.4 Å². The first-order chi connectivity index (χ1) is 7.50. The summed E-state index contributed by atoms with van der Waals surface area (Å²) in [5.74, 6) is 0.758. The number of nitrogens with two attached hydrogens (primary N) is 1. The lowest BCUT2D eigenvalue weighted by atomic mass is 9.97. The first-order valence-corrected chi connectivity index (χ1v) is 6.57. The van der Waals surface area contributed by atoms with Gasteiger partial charge in [-0.3, -0.25) is 4.79 Å². The van der Waals surface area contributed by atoms with Crippen molar-refractivity contribution in [2.24, 2.45) is 11.7 Å². The Kier molecular flexibility index (Phi) is 3.24. The van der Waals surface area contributed by atoms with E-state index in [9.17, 15) is 4.79 Å². The molecule has 1 amide bonds. The number of amides is 1. The fraction of sp³-hybridized carbons (Fsp3) is 0.923. The lowest BCUT2D eigenvalue weighted by Gasteiger charge is -2.33. The third kappa shape index (κ3) is 2.24. The Balaban J connectivity index is 1.93. The molecule has 16 heavy (non-hydrogen) atoms. The van der Waals surface area contributed by atoms with Crippen molar-refractivity contribution in [3.8, 4) is 0 Å². The second kappa shape index (κ2) is 4.36. The molecule has 2 N–H and O–H groups in total. The smallest absolute Gasteiger partial charge is 0.223 e. The van der Waals surface area contributed by atoms with Crippen molar-refractivity contribution in [3.05, 3.63) is 0 Å². The van der Waals surface area contributed by atoms with Crippen molar-refractivity contribution in [1.82, 2.24) is 4.90 Å². The van der Waals surface area contributed by atoms with Crippen molar-refractivity contribution >= 4 is 5.91 Å². The number of likely N-dealkylation sites (tertiary alicyclic amines) is 1. The van der Waals surface area contributed by atoms with Gasteiger partial charge in [0.15, 0.2) is 0 Å². The molecule has 0 unspecified atom stereocenters. The van der Waals surface area contributed by atoms with Crippen LogP contribution in [0.15, 0.2) is 0 Å². The van der Waals surface area contributed by atoms with Gasteiger partial charge in [0.05, 0.1) is 0 Å². The van der Waals surface area contributed by atoms with Crippen LogP contribution in [0.4, 0.5) is 0 Å². The van der Waals surface area contributed by atoms with Crippen LogP contribution in [-0.2, 0) is 4.79 Å². The molecule has 1 aliphatic carbocycles. The highest BCUT2D eigenvalue weighted by molar-refractivity contribution is 5.77. The van der Waals surface area contributed by atoms with Gasteiger partial charge in [-0.15, -0.1) is 0 Å². The molecule has 0 radical (unpaired) electrons. The molecule has 3 nitrogen and oxygen atoms in total. The summed E-state index contributed by atoms with van der Waals surface area (Å²) < 4.78 is 0. The van der Waals surface area contributed by atoms with Gasteiger partial charge < -0.3 is 10.6 Å². The van der Waals surface area contributed by atoms with Gasteiger partial charge in [0.1, 0.15) is 0 Å². The van der Waals surface area contributed by atoms with E-state index in [0.29, 0.717) is 18.2 Å². The molecule has 0 aromatic carbocycles. The highest BCUT2D eigenvalue weighted by Crippen LogP contribution is 2.32. The molecule has 0 spiro atoms. The summed E-state index contributed by atoms with van der Waals surface area (Å²) >= 11 is 0. The molecule has 1 saturated heterocycles. The lowest BCUT2D eigenvalue weighted by molar-refractivity contribution is -0.135. The Morgan fingerprint density at radius 1 is 1.38 bits per heavy atom. The second-order valence-electron chi connectivity index (χ2n) is 6.02. The molecule has 92 valence electrons. The van der Waals surface area contributed by atoms with Gasteiger partial charge in [0.25, 0.3) is 0 Å². The minimum Gasteiger partial charge on any atom is -0.338 e. The molecule has 2 fully saturated rings. The van der Waals surface area contributed by atoms with E-state index in [1.807, 2.05) is 0 Å². The van der Waals surface area contributed by atoms with Crippen LogP contribution in [0.2, 0.25) is 0 Å². The molecule has 1 heterocycles. The van der Waals surface area contributed by atoms with Gasteiger partial charge >= 0.3 is 0 Å². The van der Waals surface area contributed by atoms with Gasteiger partial charge in [0, 0.05) is 24.5 Å². The predicted octanol–water partition coefficient (Wildman–Crippen LogP) is 1.90. The van der Waals surface area contributed by atoms with Crippen LogP contribution in [-0.4, -0.2) is 28.9 Å². The monoisotopic (exact) mass is 224 g/mol. The maximum absolute atomic E-state index is 12.2. The Labute approximate surface area is 98.4 Å². The number of hydrogen-bond donors (Lipinski definition) is 1. The van der Waals surface area contributed by atoms with E-state index in [0.717, 1.165) is 32.2 Å². The van der Waals surface area contributed by atoms with Crippen molar-refractivity contribution in [2.45, 2.75) is 64.0 Å². The summed E-state index contributed by atoms with van der Waals surface area (Å²) in [5.41, 5.74) is 6.09. The normalized spacial score (nSPS) is 33.3. The Morgan fingerprint density at radius 2 is 2.12 bits per heavy atom. The van der Waals surface area contributed by atoms with Crippen LogP contribution in [0.5, 0.6) is 0 Å². The molecule has 2 rings (SSSR count). The molecule has 3 heteroatoms. The van der Waals surface area contributed by atoms with Crippen molar-refractivity contribution in [3.63, 3.8) is 0 Å². The van der Waals surface area contributed by atoms with Gasteiger partial charge in [-0.05, 0) is 45.4 Å². The van der Waals surface area contributed by atoms with Crippen LogP contribution < -0.4 is 5.73 Å². The molecule has 0 aromatic rings. The molecular weight excluding hydrogens is 200 g/mol. The van der Waals surface area contributed by atoms with Crippen molar-refractivity contribution in [1.29, 1.82) is 0 Å². The third-order valence-electron chi connectivity index (χ3n) is 4.36. The van der Waals surface area contributed by atoms with Crippen molar-refractivity contribution < 1.29 is 4.79 Å². The zero-order valence-corrected chi connectivity index (χ0v) is 10.5. The first-order valence-electron chi connectivity index (χ1n) is 6.57. The Bertz CT molecular complexity index is 275. The second-order valence-corrected chi connectivity index (χ2v) is 6.02. The van der Waals surface area contributed by atoms with Crippen LogP contribution >= 0.6 is 0 Å². The molecular formula is C13H24N2O. The first kappa shape index (κ1) is 11.9. The minimum absolute atomic E-state index is 0.0692. The average Bonchev–Trinajstić information content (AvgIpc) is 2.73. The standard InChI is InChI=1S/C13H24N2O/c1-13(2)7-4-8-15(13)12(16)9-10-5-3-6-11(10)14/h10-11H,3-9,14H2,1-2H3/t10-,11+/m0/s1. The molecule has 2 aliphatic rings. The Hall–Kier alpha value is -0.570. The van der Waals surface area contributed by atoms with E-state index in [2.05, 4.69) is 18.7 Å². The van der Waals surface area contributed by atoms with E-state index in [-0.39, 0.29) is 11.6 Å².